The van der Waals surface area contributed by atoms with Crippen molar-refractivity contribution in [3.05, 3.63) is 0 Å². The summed E-state index contributed by atoms with van der Waals surface area (Å²) in [5.41, 5.74) is -0.988. The number of esters is 1. The molecule has 0 aromatic carbocycles. The first-order valence-corrected chi connectivity index (χ1v) is 12.4. The largest absolute Gasteiger partial charge is 0.467 e. The molecule has 2 saturated heterocycles. The van der Waals surface area contributed by atoms with Gasteiger partial charge in [-0.3, -0.25) is 14.5 Å². The van der Waals surface area contributed by atoms with E-state index in [1.165, 1.54) is 12.0 Å². The van der Waals surface area contributed by atoms with Crippen LogP contribution in [0.4, 0.5) is 4.79 Å². The first-order valence-electron chi connectivity index (χ1n) is 12.4. The highest BCUT2D eigenvalue weighted by Gasteiger charge is 2.59. The summed E-state index contributed by atoms with van der Waals surface area (Å²) in [6, 6.07) is -2.21. The van der Waals surface area contributed by atoms with Gasteiger partial charge in [-0.25, -0.2) is 9.59 Å². The zero-order valence-electron chi connectivity index (χ0n) is 21.4. The van der Waals surface area contributed by atoms with Crippen molar-refractivity contribution in [3.8, 4) is 0 Å². The number of carbonyl (C=O) groups is 4. The highest BCUT2D eigenvalue weighted by Crippen LogP contribution is 2.55. The first-order chi connectivity index (χ1) is 15.7. The molecule has 192 valence electrons. The number of rotatable bonds is 5. The number of hydrogen-bond donors (Lipinski definition) is 3. The number of carboxylic acid groups (broad SMARTS) is 1. The minimum absolute atomic E-state index is 0.112. The normalized spacial score (nSPS) is 28.9. The molecule has 34 heavy (non-hydrogen) atoms. The Morgan fingerprint density at radius 1 is 1.18 bits per heavy atom. The number of hydrogen-bond acceptors (Lipinski definition) is 5. The predicted octanol–water partition coefficient (Wildman–Crippen LogP) is 3.07. The topological polar surface area (TPSA) is 125 Å². The van der Waals surface area contributed by atoms with Crippen LogP contribution in [0.3, 0.4) is 0 Å². The zero-order chi connectivity index (χ0) is 25.5. The van der Waals surface area contributed by atoms with Crippen molar-refractivity contribution >= 4 is 23.9 Å². The molecule has 3 unspecified atom stereocenters. The second kappa shape index (κ2) is 9.38. The molecular weight excluding hydrogens is 438 g/mol. The number of ether oxygens (including phenoxy) is 1. The molecule has 4 atom stereocenters. The van der Waals surface area contributed by atoms with E-state index in [9.17, 15) is 24.3 Å². The van der Waals surface area contributed by atoms with Crippen LogP contribution in [0.2, 0.25) is 0 Å². The Balaban J connectivity index is 1.86. The molecule has 3 fully saturated rings. The van der Waals surface area contributed by atoms with E-state index in [0.29, 0.717) is 12.8 Å². The van der Waals surface area contributed by atoms with E-state index < -0.39 is 36.0 Å². The Labute approximate surface area is 202 Å². The lowest BCUT2D eigenvalue weighted by Crippen LogP contribution is -2.56. The fraction of sp³-hybridized carbons (Fsp3) is 0.840. The Morgan fingerprint density at radius 3 is 2.26 bits per heavy atom. The lowest BCUT2D eigenvalue weighted by Gasteiger charge is -2.46. The van der Waals surface area contributed by atoms with E-state index >= 15 is 0 Å². The minimum atomic E-state index is -1.12. The summed E-state index contributed by atoms with van der Waals surface area (Å²) in [7, 11) is 1.24. The lowest BCUT2D eigenvalue weighted by molar-refractivity contribution is -0.146. The highest BCUT2D eigenvalue weighted by molar-refractivity contribution is 5.91. The molecule has 0 radical (unpaired) electrons. The van der Waals surface area contributed by atoms with E-state index in [-0.39, 0.29) is 34.7 Å². The van der Waals surface area contributed by atoms with Crippen molar-refractivity contribution in [2.24, 2.45) is 16.7 Å². The standard InChI is InChI=1S/C25H41N3O6/c1-23(2,3)21-25(10-8-7-9-11-25)14-17(28(21)22(32)33)19(30)26-16(20(31)34-6)12-15-13-24(4,5)27-18(15)29/h15-17,21H,7-14H2,1-6H3,(H,26,30)(H,27,29)(H,32,33)/t15?,16?,17?,21-/m0/s1. The van der Waals surface area contributed by atoms with Crippen molar-refractivity contribution in [1.82, 2.24) is 15.5 Å². The van der Waals surface area contributed by atoms with E-state index in [4.69, 9.17) is 4.74 Å². The lowest BCUT2D eigenvalue weighted by atomic mass is 9.62. The maximum absolute atomic E-state index is 13.5. The van der Waals surface area contributed by atoms with Crippen LogP contribution in [-0.4, -0.2) is 64.7 Å². The third kappa shape index (κ3) is 5.18. The molecule has 2 heterocycles. The molecule has 3 amide bonds. The molecule has 1 saturated carbocycles. The van der Waals surface area contributed by atoms with Crippen LogP contribution in [0.15, 0.2) is 0 Å². The molecule has 3 N–H and O–H groups in total. The monoisotopic (exact) mass is 479 g/mol. The van der Waals surface area contributed by atoms with Gasteiger partial charge in [0.2, 0.25) is 11.8 Å². The summed E-state index contributed by atoms with van der Waals surface area (Å²) in [5.74, 6) is -1.72. The average Bonchev–Trinajstić information content (AvgIpc) is 3.20. The average molecular weight is 480 g/mol. The molecule has 3 rings (SSSR count). The van der Waals surface area contributed by atoms with Gasteiger partial charge in [0.25, 0.3) is 0 Å². The van der Waals surface area contributed by atoms with Gasteiger partial charge in [0.15, 0.2) is 0 Å². The van der Waals surface area contributed by atoms with Gasteiger partial charge in [-0.1, -0.05) is 40.0 Å². The summed E-state index contributed by atoms with van der Waals surface area (Å²) in [5, 5.41) is 15.9. The second-order valence-electron chi connectivity index (χ2n) is 12.2. The van der Waals surface area contributed by atoms with Gasteiger partial charge in [0.05, 0.1) is 7.11 Å². The fourth-order valence-electron chi connectivity index (χ4n) is 6.90. The Morgan fingerprint density at radius 2 is 1.79 bits per heavy atom. The smallest absolute Gasteiger partial charge is 0.408 e. The Kier molecular flexibility index (Phi) is 7.25. The Bertz CT molecular complexity index is 827. The third-order valence-corrected chi connectivity index (χ3v) is 7.90. The molecule has 9 nitrogen and oxygen atoms in total. The molecular formula is C25H41N3O6. The summed E-state index contributed by atoms with van der Waals surface area (Å²) >= 11 is 0. The SMILES string of the molecule is COC(=O)C(CC1CC(C)(C)NC1=O)NC(=O)C1CC2(CCCCC2)[C@H](C(C)(C)C)N1C(=O)O. The summed E-state index contributed by atoms with van der Waals surface area (Å²) in [4.78, 5) is 52.3. The van der Waals surface area contributed by atoms with Crippen LogP contribution in [-0.2, 0) is 19.1 Å². The van der Waals surface area contributed by atoms with Crippen LogP contribution < -0.4 is 10.6 Å². The summed E-state index contributed by atoms with van der Waals surface area (Å²) < 4.78 is 4.92. The number of carbonyl (C=O) groups excluding carboxylic acids is 3. The van der Waals surface area contributed by atoms with Crippen LogP contribution in [0.5, 0.6) is 0 Å². The van der Waals surface area contributed by atoms with Gasteiger partial charge >= 0.3 is 12.1 Å². The fourth-order valence-corrected chi connectivity index (χ4v) is 6.90. The van der Waals surface area contributed by atoms with Gasteiger partial charge < -0.3 is 20.5 Å². The molecule has 9 heteroatoms. The van der Waals surface area contributed by atoms with Crippen molar-refractivity contribution < 1.29 is 29.0 Å². The Hall–Kier alpha value is -2.32. The molecule has 0 bridgehead atoms. The number of likely N-dealkylation sites (tertiary alicyclic amines) is 1. The van der Waals surface area contributed by atoms with Crippen molar-refractivity contribution in [1.29, 1.82) is 0 Å². The van der Waals surface area contributed by atoms with E-state index in [1.807, 2.05) is 34.6 Å². The van der Waals surface area contributed by atoms with E-state index in [2.05, 4.69) is 10.6 Å². The van der Waals surface area contributed by atoms with Gasteiger partial charge in [-0.2, -0.15) is 0 Å². The summed E-state index contributed by atoms with van der Waals surface area (Å²) in [6.45, 7) is 9.91. The maximum atomic E-state index is 13.5. The molecule has 1 aliphatic carbocycles. The second-order valence-corrected chi connectivity index (χ2v) is 12.2. The number of amides is 3. The number of nitrogens with zero attached hydrogens (tertiary/aromatic N) is 1. The van der Waals surface area contributed by atoms with Crippen molar-refractivity contribution in [3.63, 3.8) is 0 Å². The molecule has 3 aliphatic rings. The molecule has 0 aromatic rings. The van der Waals surface area contributed by atoms with Crippen LogP contribution in [0, 0.1) is 16.7 Å². The predicted molar refractivity (Wildman–Crippen MR) is 126 cm³/mol. The number of methoxy groups -OCH3 is 1. The van der Waals surface area contributed by atoms with Crippen LogP contribution >= 0.6 is 0 Å². The number of nitrogens with one attached hydrogen (secondary N) is 2. The van der Waals surface area contributed by atoms with Crippen molar-refractivity contribution in [2.75, 3.05) is 7.11 Å². The zero-order valence-corrected chi connectivity index (χ0v) is 21.4. The molecule has 2 aliphatic heterocycles. The van der Waals surface area contributed by atoms with Gasteiger partial charge in [-0.05, 0) is 56.8 Å². The van der Waals surface area contributed by atoms with Gasteiger partial charge in [-0.15, -0.1) is 0 Å². The third-order valence-electron chi connectivity index (χ3n) is 7.90. The van der Waals surface area contributed by atoms with Gasteiger partial charge in [0.1, 0.15) is 12.1 Å². The van der Waals surface area contributed by atoms with Crippen molar-refractivity contribution in [2.45, 2.75) is 110 Å². The summed E-state index contributed by atoms with van der Waals surface area (Å²) in [6.07, 6.45) is 4.91. The quantitative estimate of drug-likeness (QED) is 0.521. The maximum Gasteiger partial charge on any atom is 0.408 e. The molecule has 0 aromatic heterocycles. The minimum Gasteiger partial charge on any atom is -0.467 e. The first kappa shape index (κ1) is 26.3. The van der Waals surface area contributed by atoms with Crippen LogP contribution in [0.25, 0.3) is 0 Å². The van der Waals surface area contributed by atoms with E-state index in [1.54, 1.807) is 0 Å². The highest BCUT2D eigenvalue weighted by atomic mass is 16.5. The van der Waals surface area contributed by atoms with Crippen LogP contribution in [0.1, 0.15) is 86.0 Å². The van der Waals surface area contributed by atoms with E-state index in [0.717, 1.165) is 32.1 Å². The molecule has 1 spiro atoms. The van der Waals surface area contributed by atoms with Gasteiger partial charge in [0, 0.05) is 17.5 Å².